The topological polar surface area (TPSA) is 81.4 Å². The first-order valence-corrected chi connectivity index (χ1v) is 8.22. The number of hydrogen-bond acceptors (Lipinski definition) is 4. The molecule has 0 saturated carbocycles. The third-order valence-electron chi connectivity index (χ3n) is 2.94. The molecule has 0 aliphatic rings. The molecule has 0 aliphatic heterocycles. The van der Waals surface area contributed by atoms with Crippen molar-refractivity contribution in [1.29, 1.82) is 5.26 Å². The van der Waals surface area contributed by atoms with Gasteiger partial charge in [-0.3, -0.25) is 0 Å². The molecule has 1 N–H and O–H groups in total. The van der Waals surface area contributed by atoms with Crippen LogP contribution in [0.25, 0.3) is 0 Å². The van der Waals surface area contributed by atoms with Gasteiger partial charge < -0.3 is 5.11 Å². The molecule has 6 heteroatoms. The van der Waals surface area contributed by atoms with Crippen LogP contribution in [-0.2, 0) is 15.8 Å². The van der Waals surface area contributed by atoms with Crippen LogP contribution >= 0.6 is 0 Å². The fourth-order valence-corrected chi connectivity index (χ4v) is 3.38. The molecule has 0 heterocycles. The highest BCUT2D eigenvalue weighted by atomic mass is 32.2. The monoisotopic (exact) mass is 296 g/mol. The first kappa shape index (κ1) is 16.6. The summed E-state index contributed by atoms with van der Waals surface area (Å²) in [5.74, 6) is -0.109. The van der Waals surface area contributed by atoms with Gasteiger partial charge in [0.1, 0.15) is 0 Å². The van der Waals surface area contributed by atoms with Crippen molar-refractivity contribution in [3.8, 4) is 6.07 Å². The second-order valence-corrected chi connectivity index (χ2v) is 6.51. The number of aliphatic hydroxyl groups is 1. The van der Waals surface area contributed by atoms with Gasteiger partial charge in [-0.2, -0.15) is 9.57 Å². The van der Waals surface area contributed by atoms with Crippen molar-refractivity contribution < 1.29 is 13.5 Å². The third kappa shape index (κ3) is 4.93. The van der Waals surface area contributed by atoms with Crippen molar-refractivity contribution in [2.45, 2.75) is 25.5 Å². The van der Waals surface area contributed by atoms with E-state index in [1.807, 2.05) is 13.0 Å². The Kier molecular flexibility index (Phi) is 6.65. The quantitative estimate of drug-likeness (QED) is 0.788. The van der Waals surface area contributed by atoms with Crippen LogP contribution in [0.1, 0.15) is 30.9 Å². The first-order valence-electron chi connectivity index (χ1n) is 6.61. The van der Waals surface area contributed by atoms with Crippen LogP contribution in [-0.4, -0.2) is 37.5 Å². The molecule has 0 fully saturated rings. The molecule has 0 amide bonds. The van der Waals surface area contributed by atoms with Gasteiger partial charge in [-0.25, -0.2) is 8.42 Å². The number of benzene rings is 1. The lowest BCUT2D eigenvalue weighted by Crippen LogP contribution is -2.35. The summed E-state index contributed by atoms with van der Waals surface area (Å²) in [5, 5.41) is 17.7. The molecule has 0 saturated heterocycles. The average Bonchev–Trinajstić information content (AvgIpc) is 2.43. The zero-order valence-electron chi connectivity index (χ0n) is 11.6. The van der Waals surface area contributed by atoms with E-state index in [1.165, 1.54) is 4.31 Å². The zero-order valence-corrected chi connectivity index (χ0v) is 12.4. The van der Waals surface area contributed by atoms with Gasteiger partial charge in [0.15, 0.2) is 0 Å². The normalized spacial score (nSPS) is 11.5. The lowest BCUT2D eigenvalue weighted by atomic mass is 10.2. The minimum absolute atomic E-state index is 0.109. The summed E-state index contributed by atoms with van der Waals surface area (Å²) in [6.45, 7) is 2.36. The van der Waals surface area contributed by atoms with Crippen molar-refractivity contribution in [3.05, 3.63) is 35.4 Å². The number of hydrogen-bond donors (Lipinski definition) is 1. The van der Waals surface area contributed by atoms with Crippen LogP contribution in [0.3, 0.4) is 0 Å². The van der Waals surface area contributed by atoms with Crippen molar-refractivity contribution >= 4 is 10.0 Å². The maximum atomic E-state index is 12.3. The summed E-state index contributed by atoms with van der Waals surface area (Å²) in [7, 11) is -3.44. The summed E-state index contributed by atoms with van der Waals surface area (Å²) in [6.07, 6.45) is 1.67. The van der Waals surface area contributed by atoms with Crippen molar-refractivity contribution in [2.75, 3.05) is 19.7 Å². The van der Waals surface area contributed by atoms with E-state index in [0.717, 1.165) is 12.8 Å². The van der Waals surface area contributed by atoms with Crippen LogP contribution in [0.4, 0.5) is 0 Å². The Balaban J connectivity index is 2.81. The Morgan fingerprint density at radius 2 is 1.90 bits per heavy atom. The van der Waals surface area contributed by atoms with E-state index in [2.05, 4.69) is 0 Å². The molecule has 1 rings (SSSR count). The molecule has 5 nitrogen and oxygen atoms in total. The predicted molar refractivity (Wildman–Crippen MR) is 77.3 cm³/mol. The summed E-state index contributed by atoms with van der Waals surface area (Å²) in [5.41, 5.74) is 1.15. The SMILES string of the molecule is CCCCN(CCO)S(=O)(=O)Cc1ccc(C#N)cc1. The van der Waals surface area contributed by atoms with Crippen molar-refractivity contribution in [1.82, 2.24) is 4.31 Å². The smallest absolute Gasteiger partial charge is 0.218 e. The van der Waals surface area contributed by atoms with Crippen molar-refractivity contribution in [2.24, 2.45) is 0 Å². The Hall–Kier alpha value is -1.42. The third-order valence-corrected chi connectivity index (χ3v) is 4.79. The van der Waals surface area contributed by atoms with Gasteiger partial charge in [-0.1, -0.05) is 25.5 Å². The average molecular weight is 296 g/mol. The molecule has 0 aliphatic carbocycles. The number of sulfonamides is 1. The molecule has 1 aromatic rings. The minimum atomic E-state index is -3.44. The van der Waals surface area contributed by atoms with E-state index < -0.39 is 10.0 Å². The van der Waals surface area contributed by atoms with Gasteiger partial charge in [0.25, 0.3) is 0 Å². The van der Waals surface area contributed by atoms with Gasteiger partial charge >= 0.3 is 0 Å². The number of aliphatic hydroxyl groups excluding tert-OH is 1. The number of unbranched alkanes of at least 4 members (excludes halogenated alkanes) is 1. The van der Waals surface area contributed by atoms with Crippen LogP contribution in [0, 0.1) is 11.3 Å². The summed E-state index contributed by atoms with van der Waals surface area (Å²) in [4.78, 5) is 0. The minimum Gasteiger partial charge on any atom is -0.395 e. The van der Waals surface area contributed by atoms with E-state index in [4.69, 9.17) is 10.4 Å². The van der Waals surface area contributed by atoms with Crippen LogP contribution in [0.2, 0.25) is 0 Å². The highest BCUT2D eigenvalue weighted by Crippen LogP contribution is 2.12. The molecule has 0 bridgehead atoms. The van der Waals surface area contributed by atoms with Crippen LogP contribution in [0.15, 0.2) is 24.3 Å². The maximum absolute atomic E-state index is 12.3. The molecule has 0 spiro atoms. The first-order chi connectivity index (χ1) is 9.53. The van der Waals surface area contributed by atoms with Crippen molar-refractivity contribution in [3.63, 3.8) is 0 Å². The second kappa shape index (κ2) is 8.00. The Morgan fingerprint density at radius 1 is 1.25 bits per heavy atom. The summed E-state index contributed by atoms with van der Waals surface area (Å²) in [6, 6.07) is 8.50. The molecule has 1 aromatic carbocycles. The highest BCUT2D eigenvalue weighted by Gasteiger charge is 2.21. The van der Waals surface area contributed by atoms with Crippen LogP contribution < -0.4 is 0 Å². The van der Waals surface area contributed by atoms with Gasteiger partial charge in [0.05, 0.1) is 24.0 Å². The van der Waals surface area contributed by atoms with E-state index in [9.17, 15) is 8.42 Å². The second-order valence-electron chi connectivity index (χ2n) is 4.54. The lowest BCUT2D eigenvalue weighted by Gasteiger charge is -2.21. The number of nitriles is 1. The summed E-state index contributed by atoms with van der Waals surface area (Å²) < 4.78 is 25.9. The molecule has 20 heavy (non-hydrogen) atoms. The van der Waals surface area contributed by atoms with E-state index in [1.54, 1.807) is 24.3 Å². The Bertz CT molecular complexity index is 547. The Labute approximate surface area is 120 Å². The fraction of sp³-hybridized carbons (Fsp3) is 0.500. The largest absolute Gasteiger partial charge is 0.395 e. The summed E-state index contributed by atoms with van der Waals surface area (Å²) >= 11 is 0. The molecule has 0 radical (unpaired) electrons. The lowest BCUT2D eigenvalue weighted by molar-refractivity contribution is 0.252. The molecule has 0 atom stereocenters. The highest BCUT2D eigenvalue weighted by molar-refractivity contribution is 7.88. The maximum Gasteiger partial charge on any atom is 0.218 e. The Morgan fingerprint density at radius 3 is 2.40 bits per heavy atom. The van der Waals surface area contributed by atoms with E-state index >= 15 is 0 Å². The number of rotatable bonds is 8. The molecule has 0 unspecified atom stereocenters. The molecule has 0 aromatic heterocycles. The van der Waals surface area contributed by atoms with Gasteiger partial charge in [0.2, 0.25) is 10.0 Å². The fourth-order valence-electron chi connectivity index (χ4n) is 1.81. The van der Waals surface area contributed by atoms with E-state index in [0.29, 0.717) is 17.7 Å². The molecule has 110 valence electrons. The molecular formula is C14H20N2O3S. The van der Waals surface area contributed by atoms with E-state index in [-0.39, 0.29) is 18.9 Å². The number of nitrogens with zero attached hydrogens (tertiary/aromatic N) is 2. The van der Waals surface area contributed by atoms with Gasteiger partial charge in [-0.05, 0) is 24.1 Å². The molecular weight excluding hydrogens is 276 g/mol. The standard InChI is InChI=1S/C14H20N2O3S/c1-2-3-8-16(9-10-17)20(18,19)12-14-6-4-13(11-15)5-7-14/h4-7,17H,2-3,8-10,12H2,1H3. The zero-order chi connectivity index (χ0) is 15.0. The van der Waals surface area contributed by atoms with Gasteiger partial charge in [0, 0.05) is 13.1 Å². The van der Waals surface area contributed by atoms with Gasteiger partial charge in [-0.15, -0.1) is 0 Å². The predicted octanol–water partition coefficient (Wildman–Crippen LogP) is 1.48. The van der Waals surface area contributed by atoms with Crippen LogP contribution in [0.5, 0.6) is 0 Å².